The summed E-state index contributed by atoms with van der Waals surface area (Å²) < 4.78 is 16.0. The summed E-state index contributed by atoms with van der Waals surface area (Å²) in [5.41, 5.74) is 0. The van der Waals surface area contributed by atoms with Crippen LogP contribution in [-0.4, -0.2) is 24.5 Å². The van der Waals surface area contributed by atoms with Crippen LogP contribution in [0, 0.1) is 0 Å². The minimum atomic E-state index is -0.940. The lowest BCUT2D eigenvalue weighted by atomic mass is 10.1. The maximum absolute atomic E-state index is 10.3. The van der Waals surface area contributed by atoms with Crippen LogP contribution in [0.4, 0.5) is 0 Å². The Labute approximate surface area is 81.0 Å². The van der Waals surface area contributed by atoms with E-state index in [1.807, 2.05) is 0 Å². The van der Waals surface area contributed by atoms with Gasteiger partial charge in [0, 0.05) is 12.8 Å². The van der Waals surface area contributed by atoms with Gasteiger partial charge in [-0.05, 0) is 0 Å². The molecule has 0 aromatic carbocycles. The van der Waals surface area contributed by atoms with Crippen molar-refractivity contribution in [3.63, 3.8) is 0 Å². The van der Waals surface area contributed by atoms with E-state index in [-0.39, 0.29) is 0 Å². The number of hydrogen-bond acceptors (Lipinski definition) is 5. The first-order chi connectivity index (χ1) is 6.87. The zero-order valence-electron chi connectivity index (χ0n) is 7.64. The lowest BCUT2D eigenvalue weighted by Crippen LogP contribution is -2.27. The quantitative estimate of drug-likeness (QED) is 0.670. The van der Waals surface area contributed by atoms with Gasteiger partial charge in [-0.25, -0.2) is 4.98 Å². The number of rotatable bonds is 4. The fourth-order valence-corrected chi connectivity index (χ4v) is 1.49. The molecule has 14 heavy (non-hydrogen) atoms. The molecule has 5 nitrogen and oxygen atoms in total. The van der Waals surface area contributed by atoms with Crippen LogP contribution in [-0.2, 0) is 20.1 Å². The molecule has 1 aliphatic heterocycles. The summed E-state index contributed by atoms with van der Waals surface area (Å²) in [4.78, 5) is 14.3. The lowest BCUT2D eigenvalue weighted by molar-refractivity contribution is -0.187. The Bertz CT molecular complexity index is 290. The highest BCUT2D eigenvalue weighted by Gasteiger charge is 2.42. The molecule has 0 unspecified atom stereocenters. The first-order valence-corrected chi connectivity index (χ1v) is 4.49. The van der Waals surface area contributed by atoms with Gasteiger partial charge in [0.05, 0.1) is 19.4 Å². The van der Waals surface area contributed by atoms with Crippen LogP contribution in [0.1, 0.15) is 18.7 Å². The number of aldehydes is 1. The third-order valence-corrected chi connectivity index (χ3v) is 2.10. The normalized spacial score (nSPS) is 19.7. The number of carbonyl (C=O) groups is 1. The zero-order chi connectivity index (χ0) is 9.86. The van der Waals surface area contributed by atoms with Crippen LogP contribution in [0.5, 0.6) is 0 Å². The topological polar surface area (TPSA) is 61.6 Å². The first-order valence-electron chi connectivity index (χ1n) is 4.49. The molecule has 0 saturated carbocycles. The standard InChI is InChI=1S/C9H11NO4/c11-4-1-2-9(13-6-7-14-9)8-10-3-5-12-8/h3-5H,1-2,6-7H2. The Morgan fingerprint density at radius 3 is 2.86 bits per heavy atom. The van der Waals surface area contributed by atoms with Gasteiger partial charge in [0.25, 0.3) is 5.89 Å². The molecule has 0 aliphatic carbocycles. The summed E-state index contributed by atoms with van der Waals surface area (Å²) in [7, 11) is 0. The van der Waals surface area contributed by atoms with Crippen molar-refractivity contribution in [1.82, 2.24) is 4.98 Å². The molecule has 1 aromatic rings. The summed E-state index contributed by atoms with van der Waals surface area (Å²) in [6.45, 7) is 1.00. The monoisotopic (exact) mass is 197 g/mol. The van der Waals surface area contributed by atoms with Crippen molar-refractivity contribution < 1.29 is 18.7 Å². The van der Waals surface area contributed by atoms with Gasteiger partial charge >= 0.3 is 0 Å². The average molecular weight is 197 g/mol. The maximum atomic E-state index is 10.3. The van der Waals surface area contributed by atoms with Gasteiger partial charge in [0.1, 0.15) is 12.5 Å². The van der Waals surface area contributed by atoms with E-state index < -0.39 is 5.79 Å². The van der Waals surface area contributed by atoms with Crippen LogP contribution >= 0.6 is 0 Å². The molecule has 1 saturated heterocycles. The third-order valence-electron chi connectivity index (χ3n) is 2.10. The number of carbonyl (C=O) groups excluding carboxylic acids is 1. The van der Waals surface area contributed by atoms with Crippen molar-refractivity contribution in [2.24, 2.45) is 0 Å². The molecule has 0 amide bonds. The van der Waals surface area contributed by atoms with Crippen molar-refractivity contribution >= 4 is 6.29 Å². The van der Waals surface area contributed by atoms with E-state index in [9.17, 15) is 4.79 Å². The molecular formula is C9H11NO4. The molecule has 2 rings (SSSR count). The van der Waals surface area contributed by atoms with Crippen LogP contribution in [0.3, 0.4) is 0 Å². The van der Waals surface area contributed by atoms with Gasteiger partial charge in [-0.15, -0.1) is 0 Å². The average Bonchev–Trinajstić information content (AvgIpc) is 2.86. The second kappa shape index (κ2) is 3.89. The summed E-state index contributed by atoms with van der Waals surface area (Å²) in [5.74, 6) is -0.554. The van der Waals surface area contributed by atoms with Crippen molar-refractivity contribution in [2.45, 2.75) is 18.6 Å². The Hall–Kier alpha value is -1.20. The molecule has 76 valence electrons. The highest BCUT2D eigenvalue weighted by molar-refractivity contribution is 5.49. The van der Waals surface area contributed by atoms with Gasteiger partial charge in [0.2, 0.25) is 5.79 Å². The van der Waals surface area contributed by atoms with Gasteiger partial charge in [-0.1, -0.05) is 0 Å². The van der Waals surface area contributed by atoms with Gasteiger partial charge in [-0.2, -0.15) is 0 Å². The fourth-order valence-electron chi connectivity index (χ4n) is 1.49. The Kier molecular flexibility index (Phi) is 2.60. The predicted octanol–water partition coefficient (Wildman–Crippen LogP) is 0.853. The molecule has 0 N–H and O–H groups in total. The van der Waals surface area contributed by atoms with Crippen molar-refractivity contribution in [3.8, 4) is 0 Å². The van der Waals surface area contributed by atoms with E-state index in [2.05, 4.69) is 4.98 Å². The maximum Gasteiger partial charge on any atom is 0.255 e. The molecule has 0 spiro atoms. The lowest BCUT2D eigenvalue weighted by Gasteiger charge is -2.22. The van der Waals surface area contributed by atoms with E-state index in [1.54, 1.807) is 0 Å². The number of ether oxygens (including phenoxy) is 2. The number of nitrogens with zero attached hydrogens (tertiary/aromatic N) is 1. The molecule has 1 aromatic heterocycles. The van der Waals surface area contributed by atoms with E-state index in [4.69, 9.17) is 13.9 Å². The van der Waals surface area contributed by atoms with E-state index in [0.717, 1.165) is 6.29 Å². The molecule has 1 aliphatic rings. The van der Waals surface area contributed by atoms with Gasteiger partial charge in [-0.3, -0.25) is 0 Å². The Morgan fingerprint density at radius 2 is 2.29 bits per heavy atom. The zero-order valence-corrected chi connectivity index (χ0v) is 7.64. The SMILES string of the molecule is O=CCCC1(c2ncco2)OCCO1. The number of aromatic nitrogens is 1. The highest BCUT2D eigenvalue weighted by Crippen LogP contribution is 2.34. The fraction of sp³-hybridized carbons (Fsp3) is 0.556. The van der Waals surface area contributed by atoms with Crippen molar-refractivity contribution in [2.75, 3.05) is 13.2 Å². The highest BCUT2D eigenvalue weighted by atomic mass is 16.7. The van der Waals surface area contributed by atoms with Crippen molar-refractivity contribution in [3.05, 3.63) is 18.4 Å². The molecule has 5 heteroatoms. The molecular weight excluding hydrogens is 186 g/mol. The van der Waals surface area contributed by atoms with Crippen molar-refractivity contribution in [1.29, 1.82) is 0 Å². The van der Waals surface area contributed by atoms with Crippen LogP contribution < -0.4 is 0 Å². The predicted molar refractivity (Wildman–Crippen MR) is 45.4 cm³/mol. The largest absolute Gasteiger partial charge is 0.444 e. The van der Waals surface area contributed by atoms with Gasteiger partial charge < -0.3 is 18.7 Å². The van der Waals surface area contributed by atoms with E-state index in [1.165, 1.54) is 12.5 Å². The first kappa shape index (κ1) is 9.36. The Morgan fingerprint density at radius 1 is 1.50 bits per heavy atom. The second-order valence-corrected chi connectivity index (χ2v) is 2.99. The van der Waals surface area contributed by atoms with Crippen LogP contribution in [0.2, 0.25) is 0 Å². The summed E-state index contributed by atoms with van der Waals surface area (Å²) in [5, 5.41) is 0. The molecule has 2 heterocycles. The molecule has 0 radical (unpaired) electrons. The van der Waals surface area contributed by atoms with Gasteiger partial charge in [0.15, 0.2) is 0 Å². The van der Waals surface area contributed by atoms with Crippen LogP contribution in [0.25, 0.3) is 0 Å². The van der Waals surface area contributed by atoms with E-state index in [0.29, 0.717) is 31.9 Å². The second-order valence-electron chi connectivity index (χ2n) is 2.99. The number of oxazole rings is 1. The summed E-state index contributed by atoms with van der Waals surface area (Å²) >= 11 is 0. The molecule has 0 atom stereocenters. The third kappa shape index (κ3) is 1.56. The van der Waals surface area contributed by atoms with E-state index >= 15 is 0 Å². The minimum Gasteiger partial charge on any atom is -0.444 e. The molecule has 1 fully saturated rings. The summed E-state index contributed by atoms with van der Waals surface area (Å²) in [6.07, 6.45) is 4.63. The smallest absolute Gasteiger partial charge is 0.255 e. The number of hydrogen-bond donors (Lipinski definition) is 0. The summed E-state index contributed by atoms with van der Waals surface area (Å²) in [6, 6.07) is 0. The van der Waals surface area contributed by atoms with Crippen LogP contribution in [0.15, 0.2) is 16.9 Å². The Balaban J connectivity index is 2.17. The minimum absolute atomic E-state index is 0.363. The molecule has 0 bridgehead atoms.